The maximum Gasteiger partial charge on any atom is 0.230 e. The smallest absolute Gasteiger partial charge is 0.230 e. The van der Waals surface area contributed by atoms with E-state index in [9.17, 15) is 9.59 Å². The number of rotatable bonds is 2. The number of carbonyl (C=O) groups excluding carboxylic acids is 2. The standard InChI is InChI=1S/C11H16N2O2/c1-7(2)9(6-12)13-10(14)4-8(3)5-11(13)15/h7-9H,4-5H2,1-3H3. The molecule has 1 aliphatic heterocycles. The second-order valence-electron chi connectivity index (χ2n) is 4.49. The highest BCUT2D eigenvalue weighted by atomic mass is 16.2. The van der Waals surface area contributed by atoms with Gasteiger partial charge in [-0.3, -0.25) is 14.5 Å². The minimum atomic E-state index is -0.613. The molecular weight excluding hydrogens is 192 g/mol. The molecule has 1 heterocycles. The van der Waals surface area contributed by atoms with Crippen molar-refractivity contribution in [2.75, 3.05) is 0 Å². The zero-order chi connectivity index (χ0) is 11.6. The Kier molecular flexibility index (Phi) is 3.46. The molecule has 4 heteroatoms. The average Bonchev–Trinajstić information content (AvgIpc) is 2.09. The monoisotopic (exact) mass is 208 g/mol. The lowest BCUT2D eigenvalue weighted by Crippen LogP contribution is -2.50. The molecule has 4 nitrogen and oxygen atoms in total. The summed E-state index contributed by atoms with van der Waals surface area (Å²) >= 11 is 0. The Balaban J connectivity index is 2.89. The zero-order valence-corrected chi connectivity index (χ0v) is 9.36. The van der Waals surface area contributed by atoms with Crippen LogP contribution in [-0.4, -0.2) is 22.8 Å². The third-order valence-electron chi connectivity index (χ3n) is 2.63. The molecule has 2 amide bonds. The van der Waals surface area contributed by atoms with Crippen molar-refractivity contribution in [3.05, 3.63) is 0 Å². The van der Waals surface area contributed by atoms with Gasteiger partial charge in [-0.1, -0.05) is 20.8 Å². The molecular formula is C11H16N2O2. The average molecular weight is 208 g/mol. The summed E-state index contributed by atoms with van der Waals surface area (Å²) in [5.41, 5.74) is 0. The molecule has 0 bridgehead atoms. The second-order valence-corrected chi connectivity index (χ2v) is 4.49. The number of imide groups is 1. The number of carbonyl (C=O) groups is 2. The summed E-state index contributed by atoms with van der Waals surface area (Å²) in [5, 5.41) is 8.95. The number of hydrogen-bond donors (Lipinski definition) is 0. The minimum Gasteiger partial charge on any atom is -0.274 e. The fraction of sp³-hybridized carbons (Fsp3) is 0.727. The van der Waals surface area contributed by atoms with Crippen molar-refractivity contribution < 1.29 is 9.59 Å². The highest BCUT2D eigenvalue weighted by molar-refractivity contribution is 5.98. The number of nitrogens with zero attached hydrogens (tertiary/aromatic N) is 2. The highest BCUT2D eigenvalue weighted by Crippen LogP contribution is 2.23. The van der Waals surface area contributed by atoms with Gasteiger partial charge in [-0.05, 0) is 11.8 Å². The molecule has 1 unspecified atom stereocenters. The van der Waals surface area contributed by atoms with E-state index in [1.807, 2.05) is 26.8 Å². The van der Waals surface area contributed by atoms with E-state index in [4.69, 9.17) is 5.26 Å². The first kappa shape index (κ1) is 11.7. The van der Waals surface area contributed by atoms with Crippen molar-refractivity contribution in [2.45, 2.75) is 39.7 Å². The van der Waals surface area contributed by atoms with E-state index in [1.54, 1.807) is 0 Å². The van der Waals surface area contributed by atoms with Crippen molar-refractivity contribution in [3.8, 4) is 6.07 Å². The Morgan fingerprint density at radius 2 is 1.80 bits per heavy atom. The normalized spacial score (nSPS) is 20.6. The van der Waals surface area contributed by atoms with E-state index in [0.29, 0.717) is 12.8 Å². The van der Waals surface area contributed by atoms with Crippen molar-refractivity contribution in [2.24, 2.45) is 11.8 Å². The first-order chi connectivity index (χ1) is 6.97. The van der Waals surface area contributed by atoms with E-state index in [1.165, 1.54) is 0 Å². The topological polar surface area (TPSA) is 61.2 Å². The van der Waals surface area contributed by atoms with Gasteiger partial charge in [0.25, 0.3) is 0 Å². The third-order valence-corrected chi connectivity index (χ3v) is 2.63. The molecule has 82 valence electrons. The number of likely N-dealkylation sites (tertiary alicyclic amines) is 1. The Hall–Kier alpha value is -1.37. The summed E-state index contributed by atoms with van der Waals surface area (Å²) in [6.45, 7) is 5.56. The maximum absolute atomic E-state index is 11.7. The molecule has 0 radical (unpaired) electrons. The van der Waals surface area contributed by atoms with Gasteiger partial charge in [0, 0.05) is 12.8 Å². The lowest BCUT2D eigenvalue weighted by atomic mass is 9.94. The van der Waals surface area contributed by atoms with Crippen LogP contribution in [0.4, 0.5) is 0 Å². The molecule has 1 rings (SSSR count). The number of hydrogen-bond acceptors (Lipinski definition) is 3. The van der Waals surface area contributed by atoms with Crippen LogP contribution in [0.3, 0.4) is 0 Å². The van der Waals surface area contributed by atoms with E-state index in [0.717, 1.165) is 4.90 Å². The van der Waals surface area contributed by atoms with Crippen LogP contribution in [-0.2, 0) is 9.59 Å². The van der Waals surface area contributed by atoms with Gasteiger partial charge in [0.15, 0.2) is 0 Å². The molecule has 0 aromatic heterocycles. The van der Waals surface area contributed by atoms with Gasteiger partial charge >= 0.3 is 0 Å². The third kappa shape index (κ3) is 2.35. The first-order valence-corrected chi connectivity index (χ1v) is 5.21. The molecule has 0 spiro atoms. The second kappa shape index (κ2) is 4.43. The minimum absolute atomic E-state index is 0.0173. The van der Waals surface area contributed by atoms with Gasteiger partial charge in [0.05, 0.1) is 6.07 Å². The summed E-state index contributed by atoms with van der Waals surface area (Å²) < 4.78 is 0. The Labute approximate surface area is 89.9 Å². The van der Waals surface area contributed by atoms with Crippen LogP contribution in [0.15, 0.2) is 0 Å². The number of piperidine rings is 1. The molecule has 0 saturated carbocycles. The van der Waals surface area contributed by atoms with Gasteiger partial charge in [0.1, 0.15) is 6.04 Å². The quantitative estimate of drug-likeness (QED) is 0.643. The number of nitriles is 1. The van der Waals surface area contributed by atoms with E-state index in [-0.39, 0.29) is 23.7 Å². The first-order valence-electron chi connectivity index (χ1n) is 5.21. The van der Waals surface area contributed by atoms with Crippen LogP contribution in [0.5, 0.6) is 0 Å². The largest absolute Gasteiger partial charge is 0.274 e. The van der Waals surface area contributed by atoms with Crippen molar-refractivity contribution in [1.82, 2.24) is 4.90 Å². The predicted molar refractivity (Wildman–Crippen MR) is 54.5 cm³/mol. The fourth-order valence-corrected chi connectivity index (χ4v) is 1.82. The van der Waals surface area contributed by atoms with Crippen LogP contribution in [0.2, 0.25) is 0 Å². The summed E-state index contributed by atoms with van der Waals surface area (Å²) in [4.78, 5) is 24.5. The van der Waals surface area contributed by atoms with Crippen molar-refractivity contribution in [3.63, 3.8) is 0 Å². The van der Waals surface area contributed by atoms with Crippen LogP contribution in [0, 0.1) is 23.2 Å². The van der Waals surface area contributed by atoms with Crippen LogP contribution in [0.1, 0.15) is 33.6 Å². The van der Waals surface area contributed by atoms with E-state index in [2.05, 4.69) is 0 Å². The maximum atomic E-state index is 11.7. The number of amides is 2. The predicted octanol–water partition coefficient (Wildman–Crippen LogP) is 1.32. The van der Waals surface area contributed by atoms with Gasteiger partial charge in [-0.25, -0.2) is 0 Å². The van der Waals surface area contributed by atoms with Gasteiger partial charge < -0.3 is 0 Å². The van der Waals surface area contributed by atoms with E-state index < -0.39 is 6.04 Å². The van der Waals surface area contributed by atoms with Crippen LogP contribution < -0.4 is 0 Å². The summed E-state index contributed by atoms with van der Waals surface area (Å²) in [7, 11) is 0. The SMILES string of the molecule is CC1CC(=O)N(C(C#N)C(C)C)C(=O)C1. The molecule has 0 aliphatic carbocycles. The van der Waals surface area contributed by atoms with Crippen LogP contribution >= 0.6 is 0 Å². The van der Waals surface area contributed by atoms with Gasteiger partial charge in [-0.15, -0.1) is 0 Å². The summed E-state index contributed by atoms with van der Waals surface area (Å²) in [6, 6.07) is 1.42. The Bertz CT molecular complexity index is 299. The molecule has 0 N–H and O–H groups in total. The lowest BCUT2D eigenvalue weighted by Gasteiger charge is -2.33. The van der Waals surface area contributed by atoms with Gasteiger partial charge in [-0.2, -0.15) is 5.26 Å². The Morgan fingerprint density at radius 3 is 2.13 bits per heavy atom. The molecule has 1 aliphatic rings. The van der Waals surface area contributed by atoms with Crippen LogP contribution in [0.25, 0.3) is 0 Å². The molecule has 15 heavy (non-hydrogen) atoms. The van der Waals surface area contributed by atoms with Crippen molar-refractivity contribution in [1.29, 1.82) is 5.26 Å². The van der Waals surface area contributed by atoms with Gasteiger partial charge in [0.2, 0.25) is 11.8 Å². The molecule has 1 atom stereocenters. The molecule has 0 aromatic rings. The zero-order valence-electron chi connectivity index (χ0n) is 9.36. The lowest BCUT2D eigenvalue weighted by molar-refractivity contribution is -0.152. The summed E-state index contributed by atoms with van der Waals surface area (Å²) in [6.07, 6.45) is 0.743. The summed E-state index contributed by atoms with van der Waals surface area (Å²) in [5.74, 6) is -0.331. The molecule has 1 fully saturated rings. The highest BCUT2D eigenvalue weighted by Gasteiger charge is 2.36. The van der Waals surface area contributed by atoms with Crippen molar-refractivity contribution >= 4 is 11.8 Å². The van der Waals surface area contributed by atoms with E-state index >= 15 is 0 Å². The molecule has 0 aromatic carbocycles. The Morgan fingerprint density at radius 1 is 1.33 bits per heavy atom. The molecule has 1 saturated heterocycles. The fourth-order valence-electron chi connectivity index (χ4n) is 1.82.